The van der Waals surface area contributed by atoms with Crippen LogP contribution in [0.3, 0.4) is 0 Å². The van der Waals surface area contributed by atoms with Crippen molar-refractivity contribution in [2.24, 2.45) is 4.14 Å². The second-order valence-corrected chi connectivity index (χ2v) is 26.7. The molecule has 0 saturated carbocycles. The van der Waals surface area contributed by atoms with Crippen LogP contribution in [0.15, 0.2) is 0 Å². The molecule has 0 aliphatic rings. The van der Waals surface area contributed by atoms with E-state index in [4.69, 9.17) is 4.14 Å². The first kappa shape index (κ1) is 15.6. The van der Waals surface area contributed by atoms with Crippen LogP contribution in [-0.4, -0.2) is 52.2 Å². The van der Waals surface area contributed by atoms with Crippen LogP contribution in [0.25, 0.3) is 0 Å². The van der Waals surface area contributed by atoms with Crippen LogP contribution in [0.2, 0.25) is 3.63 Å². The van der Waals surface area contributed by atoms with Crippen LogP contribution < -0.4 is 4.14 Å². The third-order valence-corrected chi connectivity index (χ3v) is 29.9. The van der Waals surface area contributed by atoms with Gasteiger partial charge in [0.05, 0.1) is 0 Å². The molecule has 0 aromatic heterocycles. The van der Waals surface area contributed by atoms with Crippen LogP contribution in [0.4, 0.5) is 0 Å². The third-order valence-electron chi connectivity index (χ3n) is 3.65. The molecule has 0 spiro atoms. The van der Waals surface area contributed by atoms with Gasteiger partial charge in [0, 0.05) is 0 Å². The molecule has 4 nitrogen and oxygen atoms in total. The van der Waals surface area contributed by atoms with Gasteiger partial charge in [-0.3, -0.25) is 0 Å². The van der Waals surface area contributed by atoms with E-state index in [0.29, 0.717) is 0 Å². The van der Waals surface area contributed by atoms with Crippen molar-refractivity contribution in [1.29, 1.82) is 0 Å². The molecule has 0 aromatic rings. The molecule has 5 heteroatoms. The van der Waals surface area contributed by atoms with Gasteiger partial charge in [-0.2, -0.15) is 0 Å². The fourth-order valence-electron chi connectivity index (χ4n) is 2.87. The quantitative estimate of drug-likeness (QED) is 0.791. The maximum atomic E-state index is 7.02. The summed E-state index contributed by atoms with van der Waals surface area (Å²) in [6.07, 6.45) is 0. The SMILES string of the molecule is C[N](C)[Ta]([NH2])([N](C)C)([N](C)C)[C](C)(C)C. The van der Waals surface area contributed by atoms with Crippen molar-refractivity contribution in [3.63, 3.8) is 0 Å². The van der Waals surface area contributed by atoms with E-state index >= 15 is 0 Å². The molecule has 15 heavy (non-hydrogen) atoms. The number of nitrogens with zero attached hydrogens (tertiary/aromatic N) is 3. The van der Waals surface area contributed by atoms with Crippen LogP contribution in [0, 0.1) is 0 Å². The van der Waals surface area contributed by atoms with Crippen molar-refractivity contribution in [3.05, 3.63) is 0 Å². The molecule has 0 radical (unpaired) electrons. The number of hydrogen-bond donors (Lipinski definition) is 1. The Morgan fingerprint density at radius 3 is 0.933 bits per heavy atom. The Balaban J connectivity index is 5.95. The van der Waals surface area contributed by atoms with E-state index in [9.17, 15) is 0 Å². The fraction of sp³-hybridized carbons (Fsp3) is 1.00. The van der Waals surface area contributed by atoms with Gasteiger partial charge in [-0.15, -0.1) is 0 Å². The molecule has 2 N–H and O–H groups in total. The van der Waals surface area contributed by atoms with Gasteiger partial charge in [-0.25, -0.2) is 0 Å². The van der Waals surface area contributed by atoms with Crippen molar-refractivity contribution in [2.75, 3.05) is 42.3 Å². The van der Waals surface area contributed by atoms with E-state index in [1.54, 1.807) is 0 Å². The van der Waals surface area contributed by atoms with E-state index in [0.717, 1.165) is 0 Å². The van der Waals surface area contributed by atoms with E-state index in [2.05, 4.69) is 73.0 Å². The summed E-state index contributed by atoms with van der Waals surface area (Å²) in [6, 6.07) is 0. The molecular weight excluding hydrogens is 357 g/mol. The summed E-state index contributed by atoms with van der Waals surface area (Å²) in [5, 5.41) is 0. The molecule has 0 saturated heterocycles. The Kier molecular flexibility index (Phi) is 4.27. The van der Waals surface area contributed by atoms with Gasteiger partial charge in [-0.1, -0.05) is 0 Å². The molecule has 0 unspecified atom stereocenters. The number of nitrogens with two attached hydrogens (primary N) is 1. The molecule has 0 atom stereocenters. The van der Waals surface area contributed by atoms with Gasteiger partial charge in [0.25, 0.3) is 0 Å². The normalized spacial score (nSPS) is 17.3. The Morgan fingerprint density at radius 2 is 0.933 bits per heavy atom. The van der Waals surface area contributed by atoms with E-state index in [1.807, 2.05) is 0 Å². The third kappa shape index (κ3) is 1.72. The van der Waals surface area contributed by atoms with Gasteiger partial charge < -0.3 is 0 Å². The Labute approximate surface area is 97.6 Å². The van der Waals surface area contributed by atoms with Crippen molar-refractivity contribution in [1.82, 2.24) is 9.91 Å². The number of hydrogen-bond acceptors (Lipinski definition) is 4. The Bertz CT molecular complexity index is 206. The minimum absolute atomic E-state index is 0.0854. The molecule has 0 aromatic carbocycles. The molecule has 0 amide bonds. The van der Waals surface area contributed by atoms with Crippen molar-refractivity contribution in [2.45, 2.75) is 24.4 Å². The standard InChI is InChI=1S/C4H9.3C2H6N.H2N.Ta/c1-4(2)3;3*1-3-2;;/h1-3H3;3*1-2H3;1H2;/q;4*-1;+4. The van der Waals surface area contributed by atoms with Gasteiger partial charge in [0.1, 0.15) is 0 Å². The Hall–Kier alpha value is 0.580. The molecule has 0 fully saturated rings. The van der Waals surface area contributed by atoms with Gasteiger partial charge in [-0.05, 0) is 0 Å². The average molecular weight is 386 g/mol. The molecule has 0 bridgehead atoms. The second kappa shape index (κ2) is 4.11. The first-order chi connectivity index (χ1) is 6.41. The monoisotopic (exact) mass is 386 g/mol. The van der Waals surface area contributed by atoms with E-state index in [1.165, 1.54) is 0 Å². The van der Waals surface area contributed by atoms with Gasteiger partial charge >= 0.3 is 97.6 Å². The van der Waals surface area contributed by atoms with Crippen molar-refractivity contribution in [3.8, 4) is 0 Å². The zero-order chi connectivity index (χ0) is 12.7. The second-order valence-electron chi connectivity index (χ2n) is 5.76. The zero-order valence-corrected chi connectivity index (χ0v) is 15.1. The van der Waals surface area contributed by atoms with Crippen LogP contribution in [-0.2, 0) is 16.9 Å². The molecule has 0 aliphatic carbocycles. The van der Waals surface area contributed by atoms with E-state index < -0.39 is 16.9 Å². The molecular formula is C10H29N4Ta. The Morgan fingerprint density at radius 1 is 0.733 bits per heavy atom. The molecule has 0 heterocycles. The summed E-state index contributed by atoms with van der Waals surface area (Å²) in [7, 11) is 12.7. The summed E-state index contributed by atoms with van der Waals surface area (Å²) in [5.41, 5.74) is 0. The zero-order valence-electron chi connectivity index (χ0n) is 11.9. The van der Waals surface area contributed by atoms with Crippen LogP contribution in [0.1, 0.15) is 20.8 Å². The molecule has 0 rings (SSSR count). The van der Waals surface area contributed by atoms with Crippen molar-refractivity contribution < 1.29 is 16.9 Å². The fourth-order valence-corrected chi connectivity index (χ4v) is 23.5. The first-order valence-electron chi connectivity index (χ1n) is 5.27. The maximum absolute atomic E-state index is 7.02. The molecule has 94 valence electrons. The number of rotatable bonds is 3. The average Bonchev–Trinajstić information content (AvgIpc) is 1.98. The molecule has 0 aliphatic heterocycles. The predicted molar refractivity (Wildman–Crippen MR) is 65.0 cm³/mol. The summed E-state index contributed by atoms with van der Waals surface area (Å²) in [6.45, 7) is 6.75. The van der Waals surface area contributed by atoms with Crippen LogP contribution >= 0.6 is 0 Å². The van der Waals surface area contributed by atoms with Gasteiger partial charge in [0.2, 0.25) is 0 Å². The topological polar surface area (TPSA) is 35.7 Å². The summed E-state index contributed by atoms with van der Waals surface area (Å²) in [5.74, 6) is 0. The summed E-state index contributed by atoms with van der Waals surface area (Å²) in [4.78, 5) is 0. The summed E-state index contributed by atoms with van der Waals surface area (Å²) >= 11 is -3.80. The summed E-state index contributed by atoms with van der Waals surface area (Å²) < 4.78 is 14.0. The van der Waals surface area contributed by atoms with Gasteiger partial charge in [0.15, 0.2) is 0 Å². The van der Waals surface area contributed by atoms with Crippen molar-refractivity contribution >= 4 is 0 Å². The van der Waals surface area contributed by atoms with E-state index in [-0.39, 0.29) is 3.63 Å². The predicted octanol–water partition coefficient (Wildman–Crippen LogP) is 1.20. The van der Waals surface area contributed by atoms with Crippen LogP contribution in [0.5, 0.6) is 0 Å². The first-order valence-corrected chi connectivity index (χ1v) is 13.0. The minimum atomic E-state index is -3.80.